The van der Waals surface area contributed by atoms with Crippen LogP contribution >= 0.6 is 11.6 Å². The van der Waals surface area contributed by atoms with Gasteiger partial charge in [-0.1, -0.05) is 54.1 Å². The van der Waals surface area contributed by atoms with Crippen molar-refractivity contribution in [2.24, 2.45) is 5.73 Å². The topological polar surface area (TPSA) is 89.6 Å². The fraction of sp³-hybridized carbons (Fsp3) is 0.250. The highest BCUT2D eigenvalue weighted by Gasteiger charge is 2.19. The molecular weight excluding hydrogens is 434 g/mol. The second-order valence-corrected chi connectivity index (χ2v) is 9.70. The molecule has 0 spiro atoms. The average molecular weight is 460 g/mol. The highest BCUT2D eigenvalue weighted by molar-refractivity contribution is 7.91. The lowest BCUT2D eigenvalue weighted by Gasteiger charge is -2.11. The van der Waals surface area contributed by atoms with Crippen molar-refractivity contribution in [3.05, 3.63) is 88.9 Å². The van der Waals surface area contributed by atoms with Gasteiger partial charge in [0.25, 0.3) is 0 Å². The predicted molar refractivity (Wildman–Crippen MR) is 122 cm³/mol. The summed E-state index contributed by atoms with van der Waals surface area (Å²) in [6.07, 6.45) is 2.09. The first-order valence-electron chi connectivity index (χ1n) is 10.1. The van der Waals surface area contributed by atoms with Gasteiger partial charge in [0.15, 0.2) is 0 Å². The summed E-state index contributed by atoms with van der Waals surface area (Å²) in [7, 11) is -3.74. The van der Waals surface area contributed by atoms with Crippen LogP contribution in [0.3, 0.4) is 0 Å². The summed E-state index contributed by atoms with van der Waals surface area (Å²) in [6, 6.07) is 20.7. The molecule has 0 radical (unpaired) electrons. The molecule has 0 amide bonds. The number of sulfone groups is 1. The first-order valence-corrected chi connectivity index (χ1v) is 11.9. The third-order valence-electron chi connectivity index (χ3n) is 4.95. The summed E-state index contributed by atoms with van der Waals surface area (Å²) in [5, 5.41) is 9.40. The van der Waals surface area contributed by atoms with E-state index in [1.807, 2.05) is 30.3 Å². The lowest BCUT2D eigenvalue weighted by molar-refractivity contribution is 0.258. The number of hydrogen-bond acceptors (Lipinski definition) is 5. The van der Waals surface area contributed by atoms with E-state index >= 15 is 0 Å². The molecule has 0 saturated heterocycles. The van der Waals surface area contributed by atoms with Crippen molar-refractivity contribution >= 4 is 21.4 Å². The maximum atomic E-state index is 13.1. The molecule has 1 atom stereocenters. The number of hydrogen-bond donors (Lipinski definition) is 2. The fourth-order valence-corrected chi connectivity index (χ4v) is 4.81. The number of halogens is 1. The molecule has 31 heavy (non-hydrogen) atoms. The molecule has 5 nitrogen and oxygen atoms in total. The van der Waals surface area contributed by atoms with Gasteiger partial charge in [-0.05, 0) is 60.7 Å². The van der Waals surface area contributed by atoms with Crippen LogP contribution in [-0.2, 0) is 22.9 Å². The lowest BCUT2D eigenvalue weighted by Crippen LogP contribution is -2.24. The molecule has 0 aliphatic rings. The second-order valence-electron chi connectivity index (χ2n) is 7.34. The van der Waals surface area contributed by atoms with Crippen LogP contribution in [-0.4, -0.2) is 26.2 Å². The van der Waals surface area contributed by atoms with Crippen LogP contribution in [0, 0.1) is 0 Å². The van der Waals surface area contributed by atoms with E-state index in [0.717, 1.165) is 17.5 Å². The van der Waals surface area contributed by atoms with Crippen molar-refractivity contribution in [1.29, 1.82) is 0 Å². The van der Waals surface area contributed by atoms with Gasteiger partial charge >= 0.3 is 0 Å². The molecule has 0 fully saturated rings. The number of aliphatic hydroxyl groups is 1. The molecule has 164 valence electrons. The highest BCUT2D eigenvalue weighted by Crippen LogP contribution is 2.28. The monoisotopic (exact) mass is 459 g/mol. The summed E-state index contributed by atoms with van der Waals surface area (Å²) < 4.78 is 32.0. The first kappa shape index (κ1) is 23.3. The van der Waals surface area contributed by atoms with Crippen LogP contribution in [0.4, 0.5) is 0 Å². The number of rotatable bonds is 10. The minimum absolute atomic E-state index is 0.0565. The largest absolute Gasteiger partial charge is 0.489 e. The summed E-state index contributed by atoms with van der Waals surface area (Å²) in [5.41, 5.74) is 7.57. The number of nitrogens with two attached hydrogens (primary N) is 1. The molecule has 0 aliphatic heterocycles. The third kappa shape index (κ3) is 6.31. The highest BCUT2D eigenvalue weighted by atomic mass is 35.5. The van der Waals surface area contributed by atoms with Crippen molar-refractivity contribution < 1.29 is 18.3 Å². The van der Waals surface area contributed by atoms with Gasteiger partial charge < -0.3 is 15.6 Å². The lowest BCUT2D eigenvalue weighted by atomic mass is 10.1. The number of aliphatic hydroxyl groups excluding tert-OH is 1. The molecule has 0 aliphatic carbocycles. The fourth-order valence-electron chi connectivity index (χ4n) is 3.15. The summed E-state index contributed by atoms with van der Waals surface area (Å²) in [5.74, 6) is 0.480. The molecule has 3 aromatic rings. The van der Waals surface area contributed by atoms with Gasteiger partial charge in [-0.3, -0.25) is 0 Å². The first-order chi connectivity index (χ1) is 14.9. The predicted octanol–water partition coefficient (Wildman–Crippen LogP) is 4.39. The quantitative estimate of drug-likeness (QED) is 0.469. The number of aryl methyl sites for hydroxylation is 1. The van der Waals surface area contributed by atoms with E-state index in [-0.39, 0.29) is 22.4 Å². The van der Waals surface area contributed by atoms with Crippen LogP contribution < -0.4 is 10.5 Å². The Labute approximate surface area is 188 Å². The number of benzene rings is 3. The van der Waals surface area contributed by atoms with Crippen molar-refractivity contribution in [2.75, 3.05) is 6.61 Å². The zero-order chi connectivity index (χ0) is 22.3. The molecule has 0 aromatic heterocycles. The van der Waals surface area contributed by atoms with Gasteiger partial charge in [0.1, 0.15) is 12.4 Å². The van der Waals surface area contributed by atoms with E-state index < -0.39 is 9.84 Å². The second kappa shape index (κ2) is 10.8. The van der Waals surface area contributed by atoms with Crippen LogP contribution in [0.25, 0.3) is 0 Å². The van der Waals surface area contributed by atoms with Crippen molar-refractivity contribution in [3.63, 3.8) is 0 Å². The van der Waals surface area contributed by atoms with E-state index in [1.54, 1.807) is 30.3 Å². The van der Waals surface area contributed by atoms with Gasteiger partial charge in [-0.15, -0.1) is 0 Å². The number of ether oxygens (including phenoxy) is 1. The maximum Gasteiger partial charge on any atom is 0.206 e. The molecular formula is C24H26ClNO4S. The van der Waals surface area contributed by atoms with E-state index in [1.165, 1.54) is 12.1 Å². The molecule has 7 heteroatoms. The van der Waals surface area contributed by atoms with E-state index in [2.05, 4.69) is 0 Å². The molecule has 3 rings (SSSR count). The minimum atomic E-state index is -3.74. The Morgan fingerprint density at radius 1 is 0.968 bits per heavy atom. The van der Waals surface area contributed by atoms with Gasteiger partial charge in [-0.2, -0.15) is 0 Å². The zero-order valence-corrected chi connectivity index (χ0v) is 18.6. The van der Waals surface area contributed by atoms with Crippen LogP contribution in [0.15, 0.2) is 82.6 Å². The Morgan fingerprint density at radius 3 is 2.42 bits per heavy atom. The Balaban J connectivity index is 1.73. The van der Waals surface area contributed by atoms with Crippen LogP contribution in [0.1, 0.15) is 24.0 Å². The minimum Gasteiger partial charge on any atom is -0.489 e. The van der Waals surface area contributed by atoms with Gasteiger partial charge in [-0.25, -0.2) is 8.42 Å². The smallest absolute Gasteiger partial charge is 0.206 e. The third-order valence-corrected chi connectivity index (χ3v) is 7.06. The summed E-state index contributed by atoms with van der Waals surface area (Å²) in [4.78, 5) is 0.282. The molecule has 3 N–H and O–H groups in total. The van der Waals surface area contributed by atoms with Crippen molar-refractivity contribution in [2.45, 2.75) is 41.7 Å². The van der Waals surface area contributed by atoms with E-state index in [4.69, 9.17) is 27.2 Å². The van der Waals surface area contributed by atoms with Crippen molar-refractivity contribution in [1.82, 2.24) is 0 Å². The van der Waals surface area contributed by atoms with Crippen LogP contribution in [0.2, 0.25) is 5.02 Å². The summed E-state index contributed by atoms with van der Waals surface area (Å²) in [6.45, 7) is 0.295. The normalized spacial score (nSPS) is 12.5. The SMILES string of the molecule is NC(CO)CCCc1ccc(S(=O)(=O)c2cccc(OCc3ccccc3)c2)cc1Cl. The molecule has 0 heterocycles. The molecule has 0 bridgehead atoms. The Kier molecular flexibility index (Phi) is 8.09. The Hall–Kier alpha value is -2.38. The van der Waals surface area contributed by atoms with Crippen LogP contribution in [0.5, 0.6) is 5.75 Å². The van der Waals surface area contributed by atoms with Gasteiger partial charge in [0.05, 0.1) is 16.4 Å². The maximum absolute atomic E-state index is 13.1. The standard InChI is InChI=1S/C24H26ClNO4S/c25-24-15-23(13-12-19(24)8-4-9-20(26)16-27)31(28,29)22-11-5-10-21(14-22)30-17-18-6-2-1-3-7-18/h1-3,5-7,10-15,20,27H,4,8-9,16-17,26H2. The van der Waals surface area contributed by atoms with Gasteiger partial charge in [0.2, 0.25) is 9.84 Å². The molecule has 0 saturated carbocycles. The summed E-state index contributed by atoms with van der Waals surface area (Å²) >= 11 is 6.35. The average Bonchev–Trinajstić information content (AvgIpc) is 2.79. The van der Waals surface area contributed by atoms with E-state index in [0.29, 0.717) is 30.2 Å². The molecule has 3 aromatic carbocycles. The van der Waals surface area contributed by atoms with Crippen molar-refractivity contribution in [3.8, 4) is 5.75 Å². The zero-order valence-electron chi connectivity index (χ0n) is 17.1. The molecule has 1 unspecified atom stereocenters. The van der Waals surface area contributed by atoms with Gasteiger partial charge in [0, 0.05) is 11.1 Å². The van der Waals surface area contributed by atoms with E-state index in [9.17, 15) is 8.42 Å². The Bertz CT molecular complexity index is 1100. The Morgan fingerprint density at radius 2 is 1.71 bits per heavy atom.